The van der Waals surface area contributed by atoms with Crippen molar-refractivity contribution in [2.24, 2.45) is 5.41 Å². The quantitative estimate of drug-likeness (QED) is 0.142. The molecule has 8 heterocycles. The zero-order chi connectivity index (χ0) is 48.0. The number of hydrogen-bond donors (Lipinski definition) is 3. The summed E-state index contributed by atoms with van der Waals surface area (Å²) in [7, 11) is 0. The summed E-state index contributed by atoms with van der Waals surface area (Å²) in [5.41, 5.74) is 1.45. The minimum Gasteiger partial charge on any atom is -0.389 e. The standard InChI is InChI=1S/C48H46F4N10O6S/c49-35-19-29(18-32-33(35)22-62(43(32)66)41(42(65)56-44-53-12-17-69-44)40-37-2-1-13-58(37)27-54-40)28-3-5-30(6-4-28)59-23-46(24-59)25-60(26-46)39(64)21-47(68)10-15-57(16-11-47)36-8-7-31(20-34(36)48(50,51)52)61-14-9-38(63)55-45(61)67/h3-8,12,17-20,27,41,68H,1-2,9-11,13-16,21-26H2,(H,53,56,65)(H,55,63,67). The molecule has 11 rings (SSSR count). The number of benzene rings is 3. The Balaban J connectivity index is 0.690. The summed E-state index contributed by atoms with van der Waals surface area (Å²) in [6.07, 6.45) is 0.128. The van der Waals surface area contributed by atoms with Gasteiger partial charge in [-0.1, -0.05) is 12.1 Å². The van der Waals surface area contributed by atoms with Gasteiger partial charge >= 0.3 is 12.2 Å². The topological polar surface area (TPSA) is 177 Å². The molecule has 0 aliphatic carbocycles. The number of hydrogen-bond acceptors (Lipinski definition) is 11. The number of urea groups is 1. The Kier molecular flexibility index (Phi) is 10.8. The van der Waals surface area contributed by atoms with Gasteiger partial charge in [0.05, 0.1) is 36.2 Å². The van der Waals surface area contributed by atoms with E-state index in [0.29, 0.717) is 54.6 Å². The molecule has 0 radical (unpaired) electrons. The second kappa shape index (κ2) is 16.7. The van der Waals surface area contributed by atoms with Crippen molar-refractivity contribution in [3.05, 3.63) is 106 Å². The van der Waals surface area contributed by atoms with Gasteiger partial charge in [0.15, 0.2) is 11.2 Å². The minimum absolute atomic E-state index is 0.0171. The molecular weight excluding hydrogens is 921 g/mol. The third-order valence-electron chi connectivity index (χ3n) is 14.5. The van der Waals surface area contributed by atoms with Crippen LogP contribution in [0.2, 0.25) is 0 Å². The summed E-state index contributed by atoms with van der Waals surface area (Å²) in [6.45, 7) is 3.24. The van der Waals surface area contributed by atoms with E-state index >= 15 is 4.39 Å². The van der Waals surface area contributed by atoms with Gasteiger partial charge in [-0.15, -0.1) is 11.3 Å². The SMILES string of the molecule is O=C1CCN(c2ccc(N3CCC(O)(CC(=O)N4CC5(C4)CN(c4ccc(-c6cc(F)c7c(c6)C(=O)N(C(C(=O)Nc6nccs6)c6ncn8c6CCC8)C7)cc4)C5)CC3)c(C(F)(F)F)c2)C(=O)N1. The summed E-state index contributed by atoms with van der Waals surface area (Å²) >= 11 is 1.25. The number of rotatable bonds is 10. The van der Waals surface area contributed by atoms with Crippen molar-refractivity contribution in [2.75, 3.05) is 65.8 Å². The molecule has 4 saturated heterocycles. The number of carbonyl (C=O) groups excluding carboxylic acids is 5. The highest BCUT2D eigenvalue weighted by atomic mass is 32.1. The Morgan fingerprint density at radius 1 is 0.884 bits per heavy atom. The first kappa shape index (κ1) is 44.6. The van der Waals surface area contributed by atoms with Crippen LogP contribution in [-0.4, -0.2) is 111 Å². The molecule has 0 bridgehead atoms. The molecule has 3 N–H and O–H groups in total. The third-order valence-corrected chi connectivity index (χ3v) is 15.2. The molecular formula is C48H46F4N10O6S. The molecule has 6 aliphatic heterocycles. The van der Waals surface area contributed by atoms with E-state index in [1.807, 2.05) is 28.8 Å². The van der Waals surface area contributed by atoms with Crippen LogP contribution in [0.5, 0.6) is 0 Å². The molecule has 2 aromatic heterocycles. The number of piperidine rings is 1. The highest BCUT2D eigenvalue weighted by Crippen LogP contribution is 2.45. The highest BCUT2D eigenvalue weighted by Gasteiger charge is 2.54. The number of halogens is 4. The maximum absolute atomic E-state index is 16.0. The second-order valence-electron chi connectivity index (χ2n) is 19.0. The molecule has 1 atom stereocenters. The van der Waals surface area contributed by atoms with Crippen LogP contribution in [0.4, 0.5) is 44.5 Å². The monoisotopic (exact) mass is 966 g/mol. The number of nitrogens with zero attached hydrogens (tertiary/aromatic N) is 8. The van der Waals surface area contributed by atoms with Gasteiger partial charge in [0, 0.05) is 110 Å². The molecule has 6 aliphatic rings. The lowest BCUT2D eigenvalue weighted by Gasteiger charge is -2.61. The molecule has 69 heavy (non-hydrogen) atoms. The number of amides is 6. The van der Waals surface area contributed by atoms with Crippen LogP contribution >= 0.6 is 11.3 Å². The van der Waals surface area contributed by atoms with Crippen LogP contribution in [0.3, 0.4) is 0 Å². The lowest BCUT2D eigenvalue weighted by Crippen LogP contribution is -2.73. The fraction of sp³-hybridized carbons (Fsp3) is 0.396. The fourth-order valence-corrected chi connectivity index (χ4v) is 11.4. The van der Waals surface area contributed by atoms with Crippen LogP contribution in [0.25, 0.3) is 11.1 Å². The third kappa shape index (κ3) is 8.13. The highest BCUT2D eigenvalue weighted by molar-refractivity contribution is 7.13. The maximum atomic E-state index is 16.0. The van der Waals surface area contributed by atoms with E-state index in [9.17, 15) is 42.3 Å². The van der Waals surface area contributed by atoms with E-state index in [-0.39, 0.29) is 85.7 Å². The van der Waals surface area contributed by atoms with Crippen molar-refractivity contribution in [1.29, 1.82) is 0 Å². The number of imidazole rings is 1. The molecule has 1 unspecified atom stereocenters. The van der Waals surface area contributed by atoms with E-state index in [1.165, 1.54) is 39.3 Å². The smallest absolute Gasteiger partial charge is 0.389 e. The van der Waals surface area contributed by atoms with Gasteiger partial charge in [-0.25, -0.2) is 19.2 Å². The van der Waals surface area contributed by atoms with Crippen LogP contribution in [-0.2, 0) is 40.1 Å². The van der Waals surface area contributed by atoms with E-state index < -0.39 is 53.0 Å². The van der Waals surface area contributed by atoms with Crippen LogP contribution in [0.15, 0.2) is 72.5 Å². The number of anilines is 4. The van der Waals surface area contributed by atoms with Gasteiger partial charge in [0.25, 0.3) is 11.8 Å². The second-order valence-corrected chi connectivity index (χ2v) is 19.9. The molecule has 1 spiro atoms. The predicted octanol–water partition coefficient (Wildman–Crippen LogP) is 5.96. The number of likely N-dealkylation sites (tertiary alicyclic amines) is 1. The first-order valence-corrected chi connectivity index (χ1v) is 23.7. The summed E-state index contributed by atoms with van der Waals surface area (Å²) in [4.78, 5) is 82.0. The Morgan fingerprint density at radius 2 is 1.64 bits per heavy atom. The average Bonchev–Trinajstić information content (AvgIpc) is 4.11. The van der Waals surface area contributed by atoms with Gasteiger partial charge in [-0.2, -0.15) is 13.2 Å². The van der Waals surface area contributed by atoms with Crippen molar-refractivity contribution in [3.8, 4) is 11.1 Å². The normalized spacial score (nSPS) is 19.8. The Hall–Kier alpha value is -6.87. The lowest BCUT2D eigenvalue weighted by molar-refractivity contribution is -0.151. The van der Waals surface area contributed by atoms with Crippen molar-refractivity contribution in [3.63, 3.8) is 0 Å². The van der Waals surface area contributed by atoms with E-state index in [4.69, 9.17) is 0 Å². The number of alkyl halides is 3. The summed E-state index contributed by atoms with van der Waals surface area (Å²) in [5, 5.41) is 18.5. The summed E-state index contributed by atoms with van der Waals surface area (Å²) in [6, 6.07) is 12.5. The van der Waals surface area contributed by atoms with Crippen molar-refractivity contribution >= 4 is 63.2 Å². The van der Waals surface area contributed by atoms with Crippen LogP contribution < -0.4 is 25.3 Å². The van der Waals surface area contributed by atoms with Gasteiger partial charge in [-0.05, 0) is 79.3 Å². The maximum Gasteiger partial charge on any atom is 0.418 e. The molecule has 21 heteroatoms. The summed E-state index contributed by atoms with van der Waals surface area (Å²) in [5.74, 6) is -2.18. The minimum atomic E-state index is -4.74. The first-order chi connectivity index (χ1) is 33.0. The average molecular weight is 967 g/mol. The largest absolute Gasteiger partial charge is 0.418 e. The Morgan fingerprint density at radius 3 is 2.35 bits per heavy atom. The number of thiazole rings is 1. The van der Waals surface area contributed by atoms with Gasteiger partial charge < -0.3 is 29.3 Å². The van der Waals surface area contributed by atoms with Crippen molar-refractivity contribution in [1.82, 2.24) is 29.7 Å². The lowest BCUT2D eigenvalue weighted by atomic mass is 9.72. The van der Waals surface area contributed by atoms with E-state index in [1.54, 1.807) is 28.9 Å². The van der Waals surface area contributed by atoms with Gasteiger partial charge in [-0.3, -0.25) is 34.7 Å². The first-order valence-electron chi connectivity index (χ1n) is 22.8. The number of aliphatic hydroxyl groups is 1. The summed E-state index contributed by atoms with van der Waals surface area (Å²) < 4.78 is 60.9. The van der Waals surface area contributed by atoms with Crippen molar-refractivity contribution < 1.29 is 46.6 Å². The molecule has 6 amide bonds. The van der Waals surface area contributed by atoms with Gasteiger partial charge in [0.1, 0.15) is 5.82 Å². The van der Waals surface area contributed by atoms with E-state index in [2.05, 4.69) is 25.5 Å². The number of aryl methyl sites for hydroxylation is 1. The number of fused-ring (bicyclic) bond motifs is 2. The Bertz CT molecular complexity index is 2900. The molecule has 358 valence electrons. The van der Waals surface area contributed by atoms with E-state index in [0.717, 1.165) is 35.3 Å². The number of imide groups is 1. The number of aromatic nitrogens is 3. The zero-order valence-corrected chi connectivity index (χ0v) is 37.9. The fourth-order valence-electron chi connectivity index (χ4n) is 10.9. The number of carbonyl (C=O) groups is 5. The molecule has 4 fully saturated rings. The molecule has 3 aromatic carbocycles. The zero-order valence-electron chi connectivity index (χ0n) is 37.1. The number of nitrogens with one attached hydrogen (secondary N) is 2. The van der Waals surface area contributed by atoms with Crippen LogP contribution in [0.1, 0.15) is 71.0 Å². The molecule has 5 aromatic rings. The molecule has 16 nitrogen and oxygen atoms in total. The molecule has 0 saturated carbocycles. The van der Waals surface area contributed by atoms with Gasteiger partial charge in [0.2, 0.25) is 11.8 Å². The predicted molar refractivity (Wildman–Crippen MR) is 245 cm³/mol. The van der Waals surface area contributed by atoms with Crippen molar-refractivity contribution in [2.45, 2.75) is 69.4 Å². The van der Waals surface area contributed by atoms with Crippen LogP contribution in [0, 0.1) is 11.2 Å². The Labute approximate surface area is 396 Å².